The van der Waals surface area contributed by atoms with Crippen molar-refractivity contribution in [3.63, 3.8) is 0 Å². The van der Waals surface area contributed by atoms with Crippen LogP contribution in [0.2, 0.25) is 0 Å². The van der Waals surface area contributed by atoms with Crippen molar-refractivity contribution >= 4 is 6.29 Å². The van der Waals surface area contributed by atoms with Crippen LogP contribution in [0.3, 0.4) is 0 Å². The summed E-state index contributed by atoms with van der Waals surface area (Å²) in [6.45, 7) is -0.186. The van der Waals surface area contributed by atoms with Gasteiger partial charge in [0.1, 0.15) is 0 Å². The predicted molar refractivity (Wildman–Crippen MR) is 35.5 cm³/mol. The Labute approximate surface area is 58.3 Å². The molecular weight excluding hydrogens is 130 g/mol. The predicted octanol–water partition coefficient (Wildman–Crippen LogP) is 0.386. The van der Waals surface area contributed by atoms with Crippen molar-refractivity contribution in [2.45, 2.75) is 6.61 Å². The number of aromatic nitrogens is 1. The Morgan fingerprint density at radius 3 is 3.00 bits per heavy atom. The van der Waals surface area contributed by atoms with Gasteiger partial charge in [0.05, 0.1) is 12.3 Å². The van der Waals surface area contributed by atoms with Crippen molar-refractivity contribution in [1.82, 2.24) is 4.98 Å². The zero-order chi connectivity index (χ0) is 7.40. The summed E-state index contributed by atoms with van der Waals surface area (Å²) in [6.07, 6.45) is 2.22. The van der Waals surface area contributed by atoms with Crippen LogP contribution >= 0.6 is 0 Å². The van der Waals surface area contributed by atoms with Crippen LogP contribution in [0.15, 0.2) is 18.3 Å². The molecule has 1 aromatic rings. The van der Waals surface area contributed by atoms with Crippen molar-refractivity contribution < 1.29 is 9.90 Å². The second-order valence-electron chi connectivity index (χ2n) is 1.82. The molecule has 1 aromatic heterocycles. The number of nitrogens with zero attached hydrogens (tertiary/aromatic N) is 1. The molecule has 3 nitrogen and oxygen atoms in total. The molecular formula is C7H7NO2. The second kappa shape index (κ2) is 3.08. The molecule has 0 aromatic carbocycles. The van der Waals surface area contributed by atoms with Crippen LogP contribution in [0, 0.1) is 0 Å². The highest BCUT2D eigenvalue weighted by Gasteiger charge is 1.97. The summed E-state index contributed by atoms with van der Waals surface area (Å²) >= 11 is 0. The van der Waals surface area contributed by atoms with Gasteiger partial charge in [0.15, 0.2) is 6.29 Å². The fraction of sp³-hybridized carbons (Fsp3) is 0.143. The monoisotopic (exact) mass is 137 g/mol. The van der Waals surface area contributed by atoms with Crippen LogP contribution in [-0.2, 0) is 6.61 Å². The van der Waals surface area contributed by atoms with Crippen LogP contribution in [0.25, 0.3) is 0 Å². The van der Waals surface area contributed by atoms with E-state index in [0.29, 0.717) is 17.5 Å². The maximum absolute atomic E-state index is 10.2. The smallest absolute Gasteiger partial charge is 0.151 e. The van der Waals surface area contributed by atoms with Crippen LogP contribution in [0.5, 0.6) is 0 Å². The lowest BCUT2D eigenvalue weighted by Gasteiger charge is -1.95. The molecule has 0 bridgehead atoms. The third-order valence-corrected chi connectivity index (χ3v) is 1.20. The molecule has 0 radical (unpaired) electrons. The molecule has 10 heavy (non-hydrogen) atoms. The Bertz CT molecular complexity index is 235. The van der Waals surface area contributed by atoms with Gasteiger partial charge >= 0.3 is 0 Å². The fourth-order valence-corrected chi connectivity index (χ4v) is 0.690. The summed E-state index contributed by atoms with van der Waals surface area (Å²) in [6, 6.07) is 3.27. The van der Waals surface area contributed by atoms with E-state index in [-0.39, 0.29) is 6.61 Å². The number of carbonyl (C=O) groups excluding carboxylic acids is 1. The summed E-state index contributed by atoms with van der Waals surface area (Å²) in [4.78, 5) is 14.0. The summed E-state index contributed by atoms with van der Waals surface area (Å²) in [7, 11) is 0. The van der Waals surface area contributed by atoms with Gasteiger partial charge in [-0.15, -0.1) is 0 Å². The van der Waals surface area contributed by atoms with Crippen molar-refractivity contribution in [1.29, 1.82) is 0 Å². The molecule has 1 heterocycles. The molecule has 0 amide bonds. The van der Waals surface area contributed by atoms with E-state index in [1.807, 2.05) is 0 Å². The highest BCUT2D eigenvalue weighted by Crippen LogP contribution is 2.00. The standard InChI is InChI=1S/C7H7NO2/c9-4-6-2-1-3-8-7(6)5-10/h1-4,10H,5H2. The van der Waals surface area contributed by atoms with E-state index >= 15 is 0 Å². The van der Waals surface area contributed by atoms with E-state index in [1.165, 1.54) is 0 Å². The van der Waals surface area contributed by atoms with E-state index in [4.69, 9.17) is 5.11 Å². The first-order chi connectivity index (χ1) is 4.88. The first-order valence-electron chi connectivity index (χ1n) is 2.88. The minimum absolute atomic E-state index is 0.186. The van der Waals surface area contributed by atoms with Gasteiger partial charge in [0.25, 0.3) is 0 Å². The van der Waals surface area contributed by atoms with Gasteiger partial charge in [-0.1, -0.05) is 0 Å². The SMILES string of the molecule is O=Cc1cccnc1CO. The second-order valence-corrected chi connectivity index (χ2v) is 1.82. The zero-order valence-electron chi connectivity index (χ0n) is 5.32. The largest absolute Gasteiger partial charge is 0.390 e. The molecule has 0 aliphatic rings. The number of hydrogen-bond acceptors (Lipinski definition) is 3. The van der Waals surface area contributed by atoms with Crippen LogP contribution < -0.4 is 0 Å². The Kier molecular flexibility index (Phi) is 2.12. The summed E-state index contributed by atoms with van der Waals surface area (Å²) in [5.41, 5.74) is 0.877. The van der Waals surface area contributed by atoms with Crippen LogP contribution in [0.4, 0.5) is 0 Å². The molecule has 1 rings (SSSR count). The van der Waals surface area contributed by atoms with Gasteiger partial charge < -0.3 is 5.11 Å². The van der Waals surface area contributed by atoms with Gasteiger partial charge in [-0.05, 0) is 12.1 Å². The molecule has 0 fully saturated rings. The van der Waals surface area contributed by atoms with Crippen molar-refractivity contribution in [3.05, 3.63) is 29.6 Å². The molecule has 52 valence electrons. The minimum Gasteiger partial charge on any atom is -0.390 e. The molecule has 0 atom stereocenters. The van der Waals surface area contributed by atoms with E-state index in [2.05, 4.69) is 4.98 Å². The van der Waals surface area contributed by atoms with Gasteiger partial charge in [-0.3, -0.25) is 9.78 Å². The number of aliphatic hydroxyl groups excluding tert-OH is 1. The molecule has 0 aliphatic carbocycles. The van der Waals surface area contributed by atoms with Crippen LogP contribution in [0.1, 0.15) is 16.1 Å². The maximum atomic E-state index is 10.2. The van der Waals surface area contributed by atoms with E-state index in [1.54, 1.807) is 18.3 Å². The zero-order valence-corrected chi connectivity index (χ0v) is 5.32. The third kappa shape index (κ3) is 1.19. The van der Waals surface area contributed by atoms with E-state index < -0.39 is 0 Å². The maximum Gasteiger partial charge on any atom is 0.151 e. The van der Waals surface area contributed by atoms with Crippen molar-refractivity contribution in [3.8, 4) is 0 Å². The Hall–Kier alpha value is -1.22. The third-order valence-electron chi connectivity index (χ3n) is 1.20. The molecule has 1 N–H and O–H groups in total. The molecule has 0 aliphatic heterocycles. The number of aliphatic hydroxyl groups is 1. The first kappa shape index (κ1) is 6.89. The van der Waals surface area contributed by atoms with E-state index in [0.717, 1.165) is 0 Å². The topological polar surface area (TPSA) is 50.2 Å². The van der Waals surface area contributed by atoms with Crippen molar-refractivity contribution in [2.24, 2.45) is 0 Å². The fourth-order valence-electron chi connectivity index (χ4n) is 0.690. The number of rotatable bonds is 2. The lowest BCUT2D eigenvalue weighted by molar-refractivity contribution is 0.111. The van der Waals surface area contributed by atoms with Crippen molar-refractivity contribution in [2.75, 3.05) is 0 Å². The first-order valence-corrected chi connectivity index (χ1v) is 2.88. The highest BCUT2D eigenvalue weighted by atomic mass is 16.3. The molecule has 0 unspecified atom stereocenters. The normalized spacial score (nSPS) is 9.30. The Morgan fingerprint density at radius 1 is 1.70 bits per heavy atom. The van der Waals surface area contributed by atoms with Gasteiger partial charge in [-0.25, -0.2) is 0 Å². The quantitative estimate of drug-likeness (QED) is 0.600. The number of hydrogen-bond donors (Lipinski definition) is 1. The molecule has 0 saturated carbocycles. The van der Waals surface area contributed by atoms with Crippen LogP contribution in [-0.4, -0.2) is 16.4 Å². The minimum atomic E-state index is -0.186. The van der Waals surface area contributed by atoms with E-state index in [9.17, 15) is 4.79 Å². The summed E-state index contributed by atoms with van der Waals surface area (Å²) in [5, 5.41) is 8.63. The Morgan fingerprint density at radius 2 is 2.50 bits per heavy atom. The van der Waals surface area contributed by atoms with Gasteiger partial charge in [-0.2, -0.15) is 0 Å². The molecule has 3 heteroatoms. The highest BCUT2D eigenvalue weighted by molar-refractivity contribution is 5.76. The Balaban J connectivity index is 3.08. The van der Waals surface area contributed by atoms with Gasteiger partial charge in [0, 0.05) is 11.8 Å². The average Bonchev–Trinajstić information content (AvgIpc) is 2.04. The lowest BCUT2D eigenvalue weighted by Crippen LogP contribution is -1.94. The summed E-state index contributed by atoms with van der Waals surface area (Å²) in [5.74, 6) is 0. The number of carbonyl (C=O) groups is 1. The lowest BCUT2D eigenvalue weighted by atomic mass is 10.2. The average molecular weight is 137 g/mol. The number of pyridine rings is 1. The molecule has 0 saturated heterocycles. The van der Waals surface area contributed by atoms with Gasteiger partial charge in [0.2, 0.25) is 0 Å². The summed E-state index contributed by atoms with van der Waals surface area (Å²) < 4.78 is 0. The molecule has 0 spiro atoms. The number of aldehydes is 1.